The molecule has 0 heterocycles. The number of benzene rings is 2. The lowest BCUT2D eigenvalue weighted by Crippen LogP contribution is -2.51. The van der Waals surface area contributed by atoms with Gasteiger partial charge in [-0.25, -0.2) is 0 Å². The van der Waals surface area contributed by atoms with Crippen molar-refractivity contribution >= 4 is 46.8 Å². The van der Waals surface area contributed by atoms with Gasteiger partial charge in [-0.15, -0.1) is 11.8 Å². The van der Waals surface area contributed by atoms with Crippen LogP contribution in [0.3, 0.4) is 0 Å². The Bertz CT molecular complexity index is 890. The van der Waals surface area contributed by atoms with Crippen molar-refractivity contribution in [2.24, 2.45) is 0 Å². The van der Waals surface area contributed by atoms with Crippen LogP contribution in [0.25, 0.3) is 0 Å². The molecule has 0 aliphatic heterocycles. The Balaban J connectivity index is 2.23. The van der Waals surface area contributed by atoms with E-state index in [9.17, 15) is 9.59 Å². The molecule has 0 saturated heterocycles. The molecule has 1 N–H and O–H groups in total. The van der Waals surface area contributed by atoms with Crippen molar-refractivity contribution in [3.63, 3.8) is 0 Å². The highest BCUT2D eigenvalue weighted by atomic mass is 35.5. The summed E-state index contributed by atoms with van der Waals surface area (Å²) in [6.07, 6.45) is 1.34. The molecule has 2 aromatic rings. The van der Waals surface area contributed by atoms with E-state index in [4.69, 9.17) is 23.2 Å². The molecule has 2 amide bonds. The molecule has 0 saturated carbocycles. The third-order valence-electron chi connectivity index (χ3n) is 5.11. The number of nitrogens with zero attached hydrogens (tertiary/aromatic N) is 1. The van der Waals surface area contributed by atoms with Gasteiger partial charge in [0.2, 0.25) is 11.8 Å². The molecule has 0 aromatic heterocycles. The van der Waals surface area contributed by atoms with Crippen molar-refractivity contribution in [3.8, 4) is 0 Å². The number of hydrogen-bond acceptors (Lipinski definition) is 3. The zero-order chi connectivity index (χ0) is 23.0. The Morgan fingerprint density at radius 1 is 1.03 bits per heavy atom. The highest BCUT2D eigenvalue weighted by Crippen LogP contribution is 2.25. The molecule has 0 unspecified atom stereocenters. The lowest BCUT2D eigenvalue weighted by Gasteiger charge is -2.31. The molecule has 168 valence electrons. The van der Waals surface area contributed by atoms with Crippen molar-refractivity contribution in [2.45, 2.75) is 64.1 Å². The van der Waals surface area contributed by atoms with Gasteiger partial charge in [0.05, 0.1) is 15.8 Å². The Morgan fingerprint density at radius 3 is 2.29 bits per heavy atom. The zero-order valence-corrected chi connectivity index (χ0v) is 20.8. The summed E-state index contributed by atoms with van der Waals surface area (Å²) in [6.45, 7) is 8.21. The third-order valence-corrected chi connectivity index (χ3v) is 6.84. The summed E-state index contributed by atoms with van der Waals surface area (Å²) in [5.41, 5.74) is 2.00. The quantitative estimate of drug-likeness (QED) is 0.416. The van der Waals surface area contributed by atoms with E-state index in [2.05, 4.69) is 5.32 Å². The largest absolute Gasteiger partial charge is 0.352 e. The number of aryl methyl sites for hydroxylation is 1. The van der Waals surface area contributed by atoms with Crippen LogP contribution in [0.2, 0.25) is 10.0 Å². The smallest absolute Gasteiger partial charge is 0.243 e. The van der Waals surface area contributed by atoms with E-state index in [0.717, 1.165) is 16.9 Å². The SMILES string of the molecule is CC[C@@H](C)NC(=O)[C@@H](CC)N(Cc1ccc(Cl)c(Cl)c1)C(=O)CSc1ccc(C)cc1. The molecular weight excluding hydrogens is 451 g/mol. The Morgan fingerprint density at radius 2 is 1.71 bits per heavy atom. The van der Waals surface area contributed by atoms with E-state index in [1.54, 1.807) is 17.0 Å². The van der Waals surface area contributed by atoms with Crippen molar-refractivity contribution in [3.05, 3.63) is 63.6 Å². The summed E-state index contributed by atoms with van der Waals surface area (Å²) in [5, 5.41) is 3.90. The van der Waals surface area contributed by atoms with E-state index in [1.807, 2.05) is 58.0 Å². The van der Waals surface area contributed by atoms with E-state index in [1.165, 1.54) is 17.3 Å². The first-order chi connectivity index (χ1) is 14.7. The molecule has 2 rings (SSSR count). The topological polar surface area (TPSA) is 49.4 Å². The van der Waals surface area contributed by atoms with Crippen molar-refractivity contribution < 1.29 is 9.59 Å². The molecule has 0 bridgehead atoms. The second kappa shape index (κ2) is 12.4. The van der Waals surface area contributed by atoms with Crippen LogP contribution in [0.15, 0.2) is 47.4 Å². The third kappa shape index (κ3) is 7.74. The average Bonchev–Trinajstić information content (AvgIpc) is 2.75. The fourth-order valence-electron chi connectivity index (χ4n) is 3.06. The van der Waals surface area contributed by atoms with Gasteiger partial charge in [0.15, 0.2) is 0 Å². The van der Waals surface area contributed by atoms with Crippen LogP contribution >= 0.6 is 35.0 Å². The molecule has 0 fully saturated rings. The second-order valence-electron chi connectivity index (χ2n) is 7.61. The van der Waals surface area contributed by atoms with Crippen molar-refractivity contribution in [1.29, 1.82) is 0 Å². The van der Waals surface area contributed by atoms with Gasteiger partial charge in [0.25, 0.3) is 0 Å². The predicted molar refractivity (Wildman–Crippen MR) is 131 cm³/mol. The molecule has 0 aliphatic rings. The molecule has 4 nitrogen and oxygen atoms in total. The minimum Gasteiger partial charge on any atom is -0.352 e. The predicted octanol–water partition coefficient (Wildman–Crippen LogP) is 6.12. The molecule has 2 aromatic carbocycles. The van der Waals surface area contributed by atoms with Crippen LogP contribution in [0, 0.1) is 6.92 Å². The lowest BCUT2D eigenvalue weighted by atomic mass is 10.1. The maximum absolute atomic E-state index is 13.3. The first kappa shape index (κ1) is 25.6. The minimum absolute atomic E-state index is 0.0467. The monoisotopic (exact) mass is 480 g/mol. The van der Waals surface area contributed by atoms with Gasteiger partial charge in [0, 0.05) is 17.5 Å². The molecule has 0 spiro atoms. The van der Waals surface area contributed by atoms with Gasteiger partial charge in [0.1, 0.15) is 6.04 Å². The summed E-state index contributed by atoms with van der Waals surface area (Å²) in [7, 11) is 0. The number of rotatable bonds is 10. The number of carbonyl (C=O) groups excluding carboxylic acids is 2. The van der Waals surface area contributed by atoms with Crippen LogP contribution in [-0.4, -0.2) is 34.6 Å². The Kier molecular flexibility index (Phi) is 10.2. The van der Waals surface area contributed by atoms with Gasteiger partial charge < -0.3 is 10.2 Å². The number of thioether (sulfide) groups is 1. The number of halogens is 2. The standard InChI is InChI=1S/C24H30Cl2N2O2S/c1-5-17(4)27-24(30)22(6-2)28(14-18-9-12-20(25)21(26)13-18)23(29)15-31-19-10-7-16(3)8-11-19/h7-13,17,22H,5-6,14-15H2,1-4H3,(H,27,30)/t17-,22-/m1/s1. The zero-order valence-electron chi connectivity index (χ0n) is 18.5. The summed E-state index contributed by atoms with van der Waals surface area (Å²) in [6, 6.07) is 12.8. The fraction of sp³-hybridized carbons (Fsp3) is 0.417. The number of nitrogens with one attached hydrogen (secondary N) is 1. The normalized spacial score (nSPS) is 12.8. The van der Waals surface area contributed by atoms with Crippen LogP contribution in [-0.2, 0) is 16.1 Å². The lowest BCUT2D eigenvalue weighted by molar-refractivity contribution is -0.139. The van der Waals surface area contributed by atoms with Crippen molar-refractivity contribution in [1.82, 2.24) is 10.2 Å². The van der Waals surface area contributed by atoms with Crippen molar-refractivity contribution in [2.75, 3.05) is 5.75 Å². The minimum atomic E-state index is -0.561. The Labute approximate surface area is 199 Å². The van der Waals surface area contributed by atoms with Gasteiger partial charge >= 0.3 is 0 Å². The van der Waals surface area contributed by atoms with Crippen LogP contribution < -0.4 is 5.32 Å². The first-order valence-corrected chi connectivity index (χ1v) is 12.2. The summed E-state index contributed by atoms with van der Waals surface area (Å²) in [5.74, 6) is 0.0192. The molecule has 0 aliphatic carbocycles. The van der Waals surface area contributed by atoms with Crippen LogP contribution in [0.5, 0.6) is 0 Å². The van der Waals surface area contributed by atoms with Gasteiger partial charge in [-0.05, 0) is 56.5 Å². The highest BCUT2D eigenvalue weighted by molar-refractivity contribution is 8.00. The van der Waals surface area contributed by atoms with Crippen LogP contribution in [0.4, 0.5) is 0 Å². The molecular formula is C24H30Cl2N2O2S. The van der Waals surface area contributed by atoms with Gasteiger partial charge in [-0.3, -0.25) is 9.59 Å². The molecule has 31 heavy (non-hydrogen) atoms. The summed E-state index contributed by atoms with van der Waals surface area (Å²) in [4.78, 5) is 28.9. The van der Waals surface area contributed by atoms with Crippen LogP contribution in [0.1, 0.15) is 44.7 Å². The van der Waals surface area contributed by atoms with Gasteiger partial charge in [-0.2, -0.15) is 0 Å². The maximum Gasteiger partial charge on any atom is 0.243 e. The second-order valence-corrected chi connectivity index (χ2v) is 9.48. The first-order valence-electron chi connectivity index (χ1n) is 10.5. The summed E-state index contributed by atoms with van der Waals surface area (Å²) < 4.78 is 0. The molecule has 2 atom stereocenters. The van der Waals surface area contributed by atoms with E-state index in [-0.39, 0.29) is 30.2 Å². The fourth-order valence-corrected chi connectivity index (χ4v) is 4.16. The number of hydrogen-bond donors (Lipinski definition) is 1. The van der Waals surface area contributed by atoms with Gasteiger partial charge in [-0.1, -0.05) is 60.8 Å². The van der Waals surface area contributed by atoms with E-state index in [0.29, 0.717) is 16.5 Å². The summed E-state index contributed by atoms with van der Waals surface area (Å²) >= 11 is 13.7. The maximum atomic E-state index is 13.3. The average molecular weight is 481 g/mol. The highest BCUT2D eigenvalue weighted by Gasteiger charge is 2.29. The number of carbonyl (C=O) groups is 2. The molecule has 0 radical (unpaired) electrons. The number of amides is 2. The Hall–Kier alpha value is -1.69. The molecule has 7 heteroatoms. The van der Waals surface area contributed by atoms with E-state index < -0.39 is 6.04 Å². The van der Waals surface area contributed by atoms with E-state index >= 15 is 0 Å².